The van der Waals surface area contributed by atoms with Crippen LogP contribution < -0.4 is 0 Å². The molecule has 0 aromatic rings. The van der Waals surface area contributed by atoms with Gasteiger partial charge in [-0.2, -0.15) is 0 Å². The Bertz CT molecular complexity index is 587. The van der Waals surface area contributed by atoms with Gasteiger partial charge in [0.1, 0.15) is 6.10 Å². The molecule has 0 aromatic heterocycles. The number of esters is 1. The second-order valence-corrected chi connectivity index (χ2v) is 7.89. The summed E-state index contributed by atoms with van der Waals surface area (Å²) in [6.45, 7) is 9.35. The quantitative estimate of drug-likeness (QED) is 0.499. The number of hydrogen-bond donors (Lipinski definition) is 3. The smallest absolute Gasteiger partial charge is 0.334 e. The van der Waals surface area contributed by atoms with Crippen LogP contribution in [0.1, 0.15) is 52.9 Å². The van der Waals surface area contributed by atoms with Crippen molar-refractivity contribution in [1.29, 1.82) is 0 Å². The third-order valence-corrected chi connectivity index (χ3v) is 5.29. The minimum atomic E-state index is -1.14. The maximum absolute atomic E-state index is 12.0. The molecule has 0 spiro atoms. The van der Waals surface area contributed by atoms with Crippen LogP contribution >= 0.6 is 0 Å². The van der Waals surface area contributed by atoms with Crippen molar-refractivity contribution in [1.82, 2.24) is 0 Å². The third kappa shape index (κ3) is 5.03. The largest absolute Gasteiger partial charge is 0.454 e. The van der Waals surface area contributed by atoms with E-state index in [2.05, 4.69) is 6.58 Å². The normalized spacial score (nSPS) is 37.6. The monoisotopic (exact) mass is 350 g/mol. The second-order valence-electron chi connectivity index (χ2n) is 7.89. The van der Waals surface area contributed by atoms with E-state index in [4.69, 9.17) is 4.74 Å². The lowest BCUT2D eigenvalue weighted by Gasteiger charge is -2.31. The Kier molecular flexibility index (Phi) is 5.92. The van der Waals surface area contributed by atoms with Gasteiger partial charge in [-0.25, -0.2) is 4.79 Å². The van der Waals surface area contributed by atoms with Crippen molar-refractivity contribution >= 4 is 5.97 Å². The van der Waals surface area contributed by atoms with Crippen molar-refractivity contribution in [3.05, 3.63) is 36.0 Å². The molecule has 140 valence electrons. The Morgan fingerprint density at radius 3 is 2.60 bits per heavy atom. The standard InChI is InChI=1S/C20H30O5/c1-13(2)20(24)8-5-15-12-16(25-18(15)22)11-14(3)17(21)6-7-19(4,23)9-10-20/h9-10,12-13,16-17,21,23-24H,3,5-8,11H2,1-2,4H3/t16-,17-,19+,20-/m0/s1. The summed E-state index contributed by atoms with van der Waals surface area (Å²) in [6.07, 6.45) is 5.60. The summed E-state index contributed by atoms with van der Waals surface area (Å²) >= 11 is 0. The summed E-state index contributed by atoms with van der Waals surface area (Å²) in [5.41, 5.74) is -1.14. The second kappa shape index (κ2) is 7.44. The molecule has 1 heterocycles. The average molecular weight is 350 g/mol. The van der Waals surface area contributed by atoms with E-state index in [1.807, 2.05) is 13.8 Å². The number of fused-ring (bicyclic) bond motifs is 1. The van der Waals surface area contributed by atoms with Gasteiger partial charge < -0.3 is 20.1 Å². The maximum atomic E-state index is 12.0. The van der Waals surface area contributed by atoms with Gasteiger partial charge in [-0.3, -0.25) is 0 Å². The summed E-state index contributed by atoms with van der Waals surface area (Å²) < 4.78 is 5.34. The molecule has 0 radical (unpaired) electrons. The fourth-order valence-electron chi connectivity index (χ4n) is 3.16. The molecule has 0 amide bonds. The van der Waals surface area contributed by atoms with Crippen LogP contribution in [-0.2, 0) is 9.53 Å². The number of carbonyl (C=O) groups is 1. The van der Waals surface area contributed by atoms with E-state index in [0.29, 0.717) is 43.3 Å². The number of hydrogen-bond acceptors (Lipinski definition) is 5. The van der Waals surface area contributed by atoms with Gasteiger partial charge in [0.15, 0.2) is 0 Å². The first kappa shape index (κ1) is 19.9. The number of aliphatic hydroxyl groups excluding tert-OH is 1. The lowest BCUT2D eigenvalue weighted by molar-refractivity contribution is -0.139. The van der Waals surface area contributed by atoms with Crippen molar-refractivity contribution in [3.63, 3.8) is 0 Å². The van der Waals surface area contributed by atoms with Gasteiger partial charge in [-0.1, -0.05) is 32.6 Å². The minimum absolute atomic E-state index is 0.0772. The Morgan fingerprint density at radius 1 is 1.28 bits per heavy atom. The molecule has 2 aliphatic rings. The van der Waals surface area contributed by atoms with Crippen molar-refractivity contribution in [3.8, 4) is 0 Å². The van der Waals surface area contributed by atoms with Crippen molar-refractivity contribution in [2.75, 3.05) is 0 Å². The zero-order valence-corrected chi connectivity index (χ0v) is 15.4. The van der Waals surface area contributed by atoms with E-state index in [1.54, 1.807) is 25.2 Å². The summed E-state index contributed by atoms with van der Waals surface area (Å²) in [4.78, 5) is 12.0. The maximum Gasteiger partial charge on any atom is 0.334 e. The summed E-state index contributed by atoms with van der Waals surface area (Å²) in [7, 11) is 0. The lowest BCUT2D eigenvalue weighted by Crippen LogP contribution is -2.34. The van der Waals surface area contributed by atoms with Crippen molar-refractivity contribution in [2.45, 2.75) is 76.3 Å². The minimum Gasteiger partial charge on any atom is -0.454 e. The molecule has 2 bridgehead atoms. The van der Waals surface area contributed by atoms with Crippen LogP contribution in [0.4, 0.5) is 0 Å². The molecule has 4 atom stereocenters. The Morgan fingerprint density at radius 2 is 1.96 bits per heavy atom. The Balaban J connectivity index is 2.30. The number of ether oxygens (including phenoxy) is 1. The molecule has 1 aliphatic heterocycles. The van der Waals surface area contributed by atoms with Gasteiger partial charge in [0, 0.05) is 12.0 Å². The third-order valence-electron chi connectivity index (χ3n) is 5.29. The molecular weight excluding hydrogens is 320 g/mol. The molecule has 5 nitrogen and oxygen atoms in total. The lowest BCUT2D eigenvalue weighted by atomic mass is 9.82. The number of aliphatic hydroxyl groups is 3. The fraction of sp³-hybridized carbons (Fsp3) is 0.650. The average Bonchev–Trinajstić information content (AvgIpc) is 2.87. The summed E-state index contributed by atoms with van der Waals surface area (Å²) in [5, 5.41) is 31.7. The first-order valence-electron chi connectivity index (χ1n) is 8.95. The number of carbonyl (C=O) groups excluding carboxylic acids is 1. The predicted molar refractivity (Wildman–Crippen MR) is 95.7 cm³/mol. The van der Waals surface area contributed by atoms with Crippen molar-refractivity contribution in [2.24, 2.45) is 5.92 Å². The van der Waals surface area contributed by atoms with Crippen molar-refractivity contribution < 1.29 is 24.9 Å². The number of rotatable bonds is 1. The molecule has 2 rings (SSSR count). The van der Waals surface area contributed by atoms with E-state index in [-0.39, 0.29) is 11.9 Å². The molecule has 0 saturated heterocycles. The Hall–Kier alpha value is -1.43. The highest BCUT2D eigenvalue weighted by Gasteiger charge is 2.33. The van der Waals surface area contributed by atoms with Crippen LogP contribution in [0.5, 0.6) is 0 Å². The molecule has 0 saturated carbocycles. The van der Waals surface area contributed by atoms with Crippen LogP contribution in [0.2, 0.25) is 0 Å². The molecule has 0 unspecified atom stereocenters. The van der Waals surface area contributed by atoms with Gasteiger partial charge in [-0.05, 0) is 50.2 Å². The molecule has 25 heavy (non-hydrogen) atoms. The first-order chi connectivity index (χ1) is 11.5. The summed E-state index contributed by atoms with van der Waals surface area (Å²) in [6, 6.07) is 0. The van der Waals surface area contributed by atoms with Crippen LogP contribution in [0.15, 0.2) is 36.0 Å². The highest BCUT2D eigenvalue weighted by atomic mass is 16.5. The van der Waals surface area contributed by atoms with E-state index < -0.39 is 23.4 Å². The van der Waals surface area contributed by atoms with E-state index in [9.17, 15) is 20.1 Å². The molecular formula is C20H30O5. The van der Waals surface area contributed by atoms with Gasteiger partial charge in [0.05, 0.1) is 17.3 Å². The SMILES string of the molecule is C=C1C[C@H]2C=C(CC[C@@](O)(C(C)C)C=C[C@](C)(O)CC[C@@H]1O)C(=O)O2. The molecule has 0 fully saturated rings. The van der Waals surface area contributed by atoms with Crippen LogP contribution in [0.25, 0.3) is 0 Å². The van der Waals surface area contributed by atoms with E-state index >= 15 is 0 Å². The topological polar surface area (TPSA) is 87.0 Å². The zero-order chi connectivity index (χ0) is 18.8. The zero-order valence-electron chi connectivity index (χ0n) is 15.4. The molecule has 0 aromatic carbocycles. The van der Waals surface area contributed by atoms with Crippen LogP contribution in [-0.4, -0.2) is 44.7 Å². The van der Waals surface area contributed by atoms with Crippen LogP contribution in [0, 0.1) is 5.92 Å². The van der Waals surface area contributed by atoms with Gasteiger partial charge in [0.2, 0.25) is 0 Å². The molecule has 5 heteroatoms. The Labute approximate surface area is 149 Å². The predicted octanol–water partition coefficient (Wildman–Crippen LogP) is 2.41. The summed E-state index contributed by atoms with van der Waals surface area (Å²) in [5.74, 6) is -0.448. The van der Waals surface area contributed by atoms with Gasteiger partial charge in [0.25, 0.3) is 0 Å². The first-order valence-corrected chi connectivity index (χ1v) is 8.95. The highest BCUT2D eigenvalue weighted by molar-refractivity contribution is 5.90. The van der Waals surface area contributed by atoms with Crippen LogP contribution in [0.3, 0.4) is 0 Å². The highest BCUT2D eigenvalue weighted by Crippen LogP contribution is 2.32. The fourth-order valence-corrected chi connectivity index (χ4v) is 3.16. The molecule has 1 aliphatic carbocycles. The van der Waals surface area contributed by atoms with E-state index in [1.165, 1.54) is 0 Å². The molecule has 3 N–H and O–H groups in total. The van der Waals surface area contributed by atoms with Gasteiger partial charge in [-0.15, -0.1) is 0 Å². The van der Waals surface area contributed by atoms with Gasteiger partial charge >= 0.3 is 5.97 Å². The van der Waals surface area contributed by atoms with E-state index in [0.717, 1.165) is 0 Å².